The van der Waals surface area contributed by atoms with Crippen LogP contribution in [0.15, 0.2) is 36.7 Å². The van der Waals surface area contributed by atoms with Crippen LogP contribution in [0.2, 0.25) is 0 Å². The van der Waals surface area contributed by atoms with Crippen molar-refractivity contribution in [2.45, 2.75) is 31.3 Å². The second-order valence-electron chi connectivity index (χ2n) is 5.96. The first-order valence-corrected chi connectivity index (χ1v) is 7.65. The summed E-state index contributed by atoms with van der Waals surface area (Å²) in [6, 6.07) is 5.53. The average Bonchev–Trinajstić information content (AvgIpc) is 2.94. The van der Waals surface area contributed by atoms with Crippen molar-refractivity contribution >= 4 is 0 Å². The molecule has 1 aromatic heterocycles. The topological polar surface area (TPSA) is 59.3 Å². The molecule has 1 aliphatic heterocycles. The molecule has 130 valence electrons. The number of alkyl halides is 3. The molecular formula is C16H18F3N3O2. The second-order valence-corrected chi connectivity index (χ2v) is 5.96. The average molecular weight is 341 g/mol. The summed E-state index contributed by atoms with van der Waals surface area (Å²) in [4.78, 5) is 4.26. The summed E-state index contributed by atoms with van der Waals surface area (Å²) in [5.74, 6) is 0.312. The molecule has 0 bridgehead atoms. The number of hydrogen-bond acceptors (Lipinski definition) is 4. The first-order chi connectivity index (χ1) is 11.3. The molecule has 1 fully saturated rings. The van der Waals surface area contributed by atoms with E-state index in [1.165, 1.54) is 24.3 Å². The van der Waals surface area contributed by atoms with E-state index in [1.807, 2.05) is 4.57 Å². The molecule has 1 aliphatic rings. The number of nitrogens with one attached hydrogen (secondary N) is 1. The number of benzene rings is 1. The smallest absolute Gasteiger partial charge is 0.406 e. The number of halogens is 3. The van der Waals surface area contributed by atoms with Gasteiger partial charge in [-0.3, -0.25) is 0 Å². The van der Waals surface area contributed by atoms with Crippen molar-refractivity contribution in [1.82, 2.24) is 14.9 Å². The van der Waals surface area contributed by atoms with Gasteiger partial charge in [0.25, 0.3) is 0 Å². The summed E-state index contributed by atoms with van der Waals surface area (Å²) in [5.41, 5.74) is -0.200. The number of piperidine rings is 1. The van der Waals surface area contributed by atoms with E-state index in [0.717, 1.165) is 13.0 Å². The number of β-amino-alcohol motifs (C(OH)–C–C–N with tert-alkyl or cyclic N) is 1. The molecule has 5 nitrogen and oxygen atoms in total. The Morgan fingerprint density at radius 1 is 1.29 bits per heavy atom. The Kier molecular flexibility index (Phi) is 4.51. The minimum Gasteiger partial charge on any atom is -0.406 e. The zero-order valence-corrected chi connectivity index (χ0v) is 12.9. The quantitative estimate of drug-likeness (QED) is 0.897. The fourth-order valence-corrected chi connectivity index (χ4v) is 2.91. The Balaban J connectivity index is 1.77. The standard InChI is InChI=1S/C16H18F3N3O2/c17-16(18,19)24-13-4-2-12(3-5-13)14-21-8-9-22(14)11-15(23)6-1-7-20-10-15/h2-5,8-9,20,23H,1,6-7,10-11H2. The first kappa shape index (κ1) is 16.8. The number of hydrogen-bond donors (Lipinski definition) is 2. The van der Waals surface area contributed by atoms with Crippen LogP contribution >= 0.6 is 0 Å². The summed E-state index contributed by atoms with van der Waals surface area (Å²) < 4.78 is 42.3. The predicted octanol–water partition coefficient (Wildman–Crippen LogP) is 2.56. The Morgan fingerprint density at radius 2 is 2.04 bits per heavy atom. The van der Waals surface area contributed by atoms with Crippen molar-refractivity contribution in [3.05, 3.63) is 36.7 Å². The zero-order valence-electron chi connectivity index (χ0n) is 12.9. The lowest BCUT2D eigenvalue weighted by Crippen LogP contribution is -2.48. The van der Waals surface area contributed by atoms with Crippen molar-refractivity contribution in [2.24, 2.45) is 0 Å². The predicted molar refractivity (Wildman–Crippen MR) is 81.4 cm³/mol. The molecule has 2 heterocycles. The normalized spacial score (nSPS) is 21.7. The maximum Gasteiger partial charge on any atom is 0.573 e. The molecule has 2 aromatic rings. The largest absolute Gasteiger partial charge is 0.573 e. The van der Waals surface area contributed by atoms with Gasteiger partial charge in [-0.2, -0.15) is 0 Å². The molecule has 1 atom stereocenters. The van der Waals surface area contributed by atoms with E-state index in [1.54, 1.807) is 12.4 Å². The SMILES string of the molecule is OC1(Cn2ccnc2-c2ccc(OC(F)(F)F)cc2)CCCNC1. The lowest BCUT2D eigenvalue weighted by molar-refractivity contribution is -0.274. The Labute approximate surface area is 137 Å². The van der Waals surface area contributed by atoms with E-state index < -0.39 is 12.0 Å². The van der Waals surface area contributed by atoms with Crippen LogP contribution in [0.5, 0.6) is 5.75 Å². The van der Waals surface area contributed by atoms with E-state index >= 15 is 0 Å². The Hall–Kier alpha value is -2.06. The van der Waals surface area contributed by atoms with Crippen LogP contribution in [0, 0.1) is 0 Å². The number of aliphatic hydroxyl groups is 1. The van der Waals surface area contributed by atoms with Crippen LogP contribution in [-0.4, -0.2) is 39.7 Å². The van der Waals surface area contributed by atoms with E-state index in [-0.39, 0.29) is 5.75 Å². The number of imidazole rings is 1. The lowest BCUT2D eigenvalue weighted by atomic mass is 9.94. The van der Waals surface area contributed by atoms with Gasteiger partial charge in [0.2, 0.25) is 0 Å². The summed E-state index contributed by atoms with van der Waals surface area (Å²) in [7, 11) is 0. The van der Waals surface area contributed by atoms with E-state index in [9.17, 15) is 18.3 Å². The summed E-state index contributed by atoms with van der Waals surface area (Å²) in [5, 5.41) is 13.8. The van der Waals surface area contributed by atoms with Gasteiger partial charge in [0.15, 0.2) is 0 Å². The van der Waals surface area contributed by atoms with Crippen LogP contribution in [0.25, 0.3) is 11.4 Å². The van der Waals surface area contributed by atoms with E-state index in [2.05, 4.69) is 15.0 Å². The van der Waals surface area contributed by atoms with Gasteiger partial charge in [0.1, 0.15) is 11.6 Å². The van der Waals surface area contributed by atoms with Crippen molar-refractivity contribution in [1.29, 1.82) is 0 Å². The van der Waals surface area contributed by atoms with Gasteiger partial charge in [0.05, 0.1) is 12.1 Å². The molecule has 0 saturated carbocycles. The highest BCUT2D eigenvalue weighted by Gasteiger charge is 2.31. The van der Waals surface area contributed by atoms with Crippen molar-refractivity contribution in [3.8, 4) is 17.1 Å². The molecule has 0 spiro atoms. The van der Waals surface area contributed by atoms with Gasteiger partial charge < -0.3 is 19.7 Å². The second kappa shape index (κ2) is 6.45. The molecule has 24 heavy (non-hydrogen) atoms. The van der Waals surface area contributed by atoms with Crippen molar-refractivity contribution < 1.29 is 23.0 Å². The Bertz CT molecular complexity index is 677. The van der Waals surface area contributed by atoms with Crippen molar-refractivity contribution in [3.63, 3.8) is 0 Å². The molecule has 8 heteroatoms. The highest BCUT2D eigenvalue weighted by Crippen LogP contribution is 2.27. The van der Waals surface area contributed by atoms with Gasteiger partial charge in [-0.15, -0.1) is 13.2 Å². The molecular weight excluding hydrogens is 323 g/mol. The van der Waals surface area contributed by atoms with Crippen LogP contribution < -0.4 is 10.1 Å². The van der Waals surface area contributed by atoms with Gasteiger partial charge in [0, 0.05) is 24.5 Å². The molecule has 0 radical (unpaired) electrons. The lowest BCUT2D eigenvalue weighted by Gasteiger charge is -2.33. The third kappa shape index (κ3) is 4.07. The number of aromatic nitrogens is 2. The number of rotatable bonds is 4. The first-order valence-electron chi connectivity index (χ1n) is 7.65. The Morgan fingerprint density at radius 3 is 2.67 bits per heavy atom. The molecule has 2 N–H and O–H groups in total. The molecule has 3 rings (SSSR count). The molecule has 1 aromatic carbocycles. The van der Waals surface area contributed by atoms with Gasteiger partial charge in [-0.1, -0.05) is 0 Å². The fraction of sp³-hybridized carbons (Fsp3) is 0.438. The van der Waals surface area contributed by atoms with Crippen LogP contribution in [-0.2, 0) is 6.54 Å². The third-order valence-corrected chi connectivity index (χ3v) is 3.98. The number of nitrogens with zero attached hydrogens (tertiary/aromatic N) is 2. The van der Waals surface area contributed by atoms with Gasteiger partial charge in [-0.25, -0.2) is 4.98 Å². The molecule has 1 saturated heterocycles. The summed E-state index contributed by atoms with van der Waals surface area (Å²) >= 11 is 0. The summed E-state index contributed by atoms with van der Waals surface area (Å²) in [6.45, 7) is 1.76. The highest BCUT2D eigenvalue weighted by atomic mass is 19.4. The zero-order chi connectivity index (χ0) is 17.2. The highest BCUT2D eigenvalue weighted by molar-refractivity contribution is 5.56. The fourth-order valence-electron chi connectivity index (χ4n) is 2.91. The maximum absolute atomic E-state index is 12.2. The van der Waals surface area contributed by atoms with Gasteiger partial charge in [-0.05, 0) is 43.7 Å². The van der Waals surface area contributed by atoms with Crippen molar-refractivity contribution in [2.75, 3.05) is 13.1 Å². The minimum atomic E-state index is -4.71. The van der Waals surface area contributed by atoms with Crippen LogP contribution in [0.1, 0.15) is 12.8 Å². The van der Waals surface area contributed by atoms with Crippen LogP contribution in [0.3, 0.4) is 0 Å². The molecule has 0 aliphatic carbocycles. The molecule has 0 amide bonds. The van der Waals surface area contributed by atoms with Crippen LogP contribution in [0.4, 0.5) is 13.2 Å². The number of ether oxygens (including phenoxy) is 1. The maximum atomic E-state index is 12.2. The molecule has 1 unspecified atom stereocenters. The third-order valence-electron chi connectivity index (χ3n) is 3.98. The van der Waals surface area contributed by atoms with E-state index in [0.29, 0.717) is 30.9 Å². The summed E-state index contributed by atoms with van der Waals surface area (Å²) in [6.07, 6.45) is 0.230. The minimum absolute atomic E-state index is 0.278. The van der Waals surface area contributed by atoms with E-state index in [4.69, 9.17) is 0 Å². The van der Waals surface area contributed by atoms with Gasteiger partial charge >= 0.3 is 6.36 Å². The monoisotopic (exact) mass is 341 g/mol.